The van der Waals surface area contributed by atoms with Gasteiger partial charge in [-0.25, -0.2) is 4.79 Å². The number of hydrogen-bond donors (Lipinski definition) is 1. The predicted octanol–water partition coefficient (Wildman–Crippen LogP) is 1.46. The molecule has 3 heterocycles. The third-order valence-corrected chi connectivity index (χ3v) is 5.82. The zero-order valence-electron chi connectivity index (χ0n) is 15.0. The van der Waals surface area contributed by atoms with Gasteiger partial charge in [0.15, 0.2) is 0 Å². The fourth-order valence-corrected chi connectivity index (χ4v) is 3.99. The van der Waals surface area contributed by atoms with Gasteiger partial charge < -0.3 is 19.7 Å². The van der Waals surface area contributed by atoms with Crippen molar-refractivity contribution < 1.29 is 4.79 Å². The Morgan fingerprint density at radius 1 is 1.17 bits per heavy atom. The van der Waals surface area contributed by atoms with Crippen molar-refractivity contribution in [3.63, 3.8) is 0 Å². The van der Waals surface area contributed by atoms with Crippen LogP contribution in [0.2, 0.25) is 0 Å². The van der Waals surface area contributed by atoms with Crippen molar-refractivity contribution in [3.05, 3.63) is 33.7 Å². The molecule has 1 aromatic rings. The molecule has 2 aliphatic heterocycles. The van der Waals surface area contributed by atoms with Crippen LogP contribution in [0.5, 0.6) is 0 Å². The summed E-state index contributed by atoms with van der Waals surface area (Å²) >= 11 is 0. The number of aromatic nitrogens is 1. The molecule has 0 aromatic carbocycles. The van der Waals surface area contributed by atoms with Gasteiger partial charge in [-0.2, -0.15) is 0 Å². The van der Waals surface area contributed by atoms with Gasteiger partial charge in [0.2, 0.25) is 0 Å². The highest BCUT2D eigenvalue weighted by Gasteiger charge is 2.44. The maximum absolute atomic E-state index is 12.7. The molecule has 2 saturated heterocycles. The molecule has 132 valence electrons. The number of aryl methyl sites for hydroxylation is 1. The highest BCUT2D eigenvalue weighted by molar-refractivity contribution is 5.75. The average molecular weight is 332 g/mol. The largest absolute Gasteiger partial charge is 0.334 e. The number of carbonyl (C=O) groups excluding carboxylic acids is 1. The van der Waals surface area contributed by atoms with Crippen molar-refractivity contribution in [1.29, 1.82) is 0 Å². The molecule has 0 atom stereocenters. The van der Waals surface area contributed by atoms with E-state index in [1.54, 1.807) is 11.6 Å². The third kappa shape index (κ3) is 3.07. The average Bonchev–Trinajstić information content (AvgIpc) is 2.98. The van der Waals surface area contributed by atoms with E-state index in [1.807, 2.05) is 24.0 Å². The highest BCUT2D eigenvalue weighted by atomic mass is 16.2. The van der Waals surface area contributed by atoms with E-state index in [1.165, 1.54) is 0 Å². The van der Waals surface area contributed by atoms with E-state index in [2.05, 4.69) is 17.3 Å². The van der Waals surface area contributed by atoms with E-state index in [0.717, 1.165) is 51.0 Å². The van der Waals surface area contributed by atoms with Crippen LogP contribution in [-0.4, -0.2) is 52.6 Å². The standard InChI is InChI=1S/C18H28N4O2/c1-14-5-6-15(16(23)21(14)3)13-19-17(24)22-10-4-7-18(22)8-11-20(2)12-9-18/h5-6H,4,7-13H2,1-3H3,(H,19,24). The van der Waals surface area contributed by atoms with Crippen LogP contribution >= 0.6 is 0 Å². The van der Waals surface area contributed by atoms with E-state index in [4.69, 9.17) is 0 Å². The molecule has 0 saturated carbocycles. The van der Waals surface area contributed by atoms with Crippen LogP contribution in [0.3, 0.4) is 0 Å². The lowest BCUT2D eigenvalue weighted by Crippen LogP contribution is -2.55. The summed E-state index contributed by atoms with van der Waals surface area (Å²) in [5.74, 6) is 0. The first-order valence-electron chi connectivity index (χ1n) is 8.82. The Kier molecular flexibility index (Phi) is 4.67. The molecule has 0 bridgehead atoms. The molecule has 1 N–H and O–H groups in total. The topological polar surface area (TPSA) is 57.6 Å². The van der Waals surface area contributed by atoms with Crippen LogP contribution in [0.4, 0.5) is 4.79 Å². The summed E-state index contributed by atoms with van der Waals surface area (Å²) in [6.45, 7) is 5.10. The van der Waals surface area contributed by atoms with Gasteiger partial charge in [-0.3, -0.25) is 4.79 Å². The van der Waals surface area contributed by atoms with Gasteiger partial charge in [-0.15, -0.1) is 0 Å². The lowest BCUT2D eigenvalue weighted by atomic mass is 9.85. The first kappa shape index (κ1) is 17.0. The number of nitrogens with zero attached hydrogens (tertiary/aromatic N) is 3. The number of carbonyl (C=O) groups is 1. The van der Waals surface area contributed by atoms with Crippen molar-refractivity contribution in [3.8, 4) is 0 Å². The quantitative estimate of drug-likeness (QED) is 0.892. The van der Waals surface area contributed by atoms with Crippen LogP contribution in [0, 0.1) is 6.92 Å². The van der Waals surface area contributed by atoms with Gasteiger partial charge in [0.05, 0.1) is 0 Å². The fraction of sp³-hybridized carbons (Fsp3) is 0.667. The molecule has 2 fully saturated rings. The second kappa shape index (κ2) is 6.59. The zero-order chi connectivity index (χ0) is 17.3. The van der Waals surface area contributed by atoms with Crippen LogP contribution in [0.15, 0.2) is 16.9 Å². The van der Waals surface area contributed by atoms with Crippen LogP contribution in [0.25, 0.3) is 0 Å². The Bertz CT molecular complexity index is 674. The number of amides is 2. The first-order chi connectivity index (χ1) is 11.4. The molecule has 1 spiro atoms. The Morgan fingerprint density at radius 2 is 1.88 bits per heavy atom. The Balaban J connectivity index is 1.67. The molecule has 6 nitrogen and oxygen atoms in total. The lowest BCUT2D eigenvalue weighted by Gasteiger charge is -2.44. The Labute approximate surface area is 143 Å². The van der Waals surface area contributed by atoms with Gasteiger partial charge in [-0.05, 0) is 45.7 Å². The molecule has 2 amide bonds. The number of pyridine rings is 1. The zero-order valence-corrected chi connectivity index (χ0v) is 15.0. The van der Waals surface area contributed by atoms with Crippen molar-refractivity contribution in [2.75, 3.05) is 26.7 Å². The second-order valence-corrected chi connectivity index (χ2v) is 7.31. The van der Waals surface area contributed by atoms with E-state index >= 15 is 0 Å². The highest BCUT2D eigenvalue weighted by Crippen LogP contribution is 2.38. The SMILES string of the molecule is Cc1ccc(CNC(=O)N2CCCC23CCN(C)CC3)c(=O)n1C. The first-order valence-corrected chi connectivity index (χ1v) is 8.82. The Hall–Kier alpha value is -1.82. The van der Waals surface area contributed by atoms with Crippen molar-refractivity contribution in [1.82, 2.24) is 19.7 Å². The molecule has 2 aliphatic rings. The summed E-state index contributed by atoms with van der Waals surface area (Å²) in [5, 5.41) is 2.97. The van der Waals surface area contributed by atoms with Crippen molar-refractivity contribution in [2.45, 2.75) is 44.7 Å². The van der Waals surface area contributed by atoms with Gasteiger partial charge in [0, 0.05) is 50.0 Å². The Morgan fingerprint density at radius 3 is 2.58 bits per heavy atom. The number of nitrogens with one attached hydrogen (secondary N) is 1. The van der Waals surface area contributed by atoms with Crippen molar-refractivity contribution >= 4 is 6.03 Å². The lowest BCUT2D eigenvalue weighted by molar-refractivity contribution is 0.0828. The predicted molar refractivity (Wildman–Crippen MR) is 94.1 cm³/mol. The summed E-state index contributed by atoms with van der Waals surface area (Å²) in [6.07, 6.45) is 4.26. The van der Waals surface area contributed by atoms with Gasteiger partial charge in [0.1, 0.15) is 0 Å². The number of hydrogen-bond acceptors (Lipinski definition) is 3. The summed E-state index contributed by atoms with van der Waals surface area (Å²) in [5.41, 5.74) is 1.54. The van der Waals surface area contributed by atoms with Crippen molar-refractivity contribution in [2.24, 2.45) is 7.05 Å². The summed E-state index contributed by atoms with van der Waals surface area (Å²) in [6, 6.07) is 3.70. The normalized spacial score (nSPS) is 20.5. The third-order valence-electron chi connectivity index (χ3n) is 5.82. The van der Waals surface area contributed by atoms with Crippen LogP contribution < -0.4 is 10.9 Å². The van der Waals surface area contributed by atoms with E-state index in [9.17, 15) is 9.59 Å². The smallest absolute Gasteiger partial charge is 0.318 e. The summed E-state index contributed by atoms with van der Waals surface area (Å²) in [4.78, 5) is 29.3. The summed E-state index contributed by atoms with van der Waals surface area (Å²) < 4.78 is 1.62. The molecule has 24 heavy (non-hydrogen) atoms. The van der Waals surface area contributed by atoms with Gasteiger partial charge in [-0.1, -0.05) is 6.07 Å². The molecular formula is C18H28N4O2. The number of likely N-dealkylation sites (tertiary alicyclic amines) is 2. The second-order valence-electron chi connectivity index (χ2n) is 7.31. The molecular weight excluding hydrogens is 304 g/mol. The minimum absolute atomic E-state index is 0.0226. The number of rotatable bonds is 2. The number of piperidine rings is 1. The molecule has 1 aromatic heterocycles. The fourth-order valence-electron chi connectivity index (χ4n) is 3.99. The van der Waals surface area contributed by atoms with Gasteiger partial charge >= 0.3 is 6.03 Å². The van der Waals surface area contributed by atoms with Crippen LogP contribution in [0.1, 0.15) is 36.9 Å². The van der Waals surface area contributed by atoms with E-state index < -0.39 is 0 Å². The molecule has 0 aliphatic carbocycles. The number of urea groups is 1. The molecule has 6 heteroatoms. The van der Waals surface area contributed by atoms with E-state index in [0.29, 0.717) is 5.56 Å². The minimum atomic E-state index is -0.0364. The maximum Gasteiger partial charge on any atom is 0.318 e. The molecule has 0 unspecified atom stereocenters. The van der Waals surface area contributed by atoms with Gasteiger partial charge in [0.25, 0.3) is 5.56 Å². The monoisotopic (exact) mass is 332 g/mol. The molecule has 3 rings (SSSR count). The minimum Gasteiger partial charge on any atom is -0.334 e. The maximum atomic E-state index is 12.7. The van der Waals surface area contributed by atoms with Crippen LogP contribution in [-0.2, 0) is 13.6 Å². The van der Waals surface area contributed by atoms with E-state index in [-0.39, 0.29) is 23.7 Å². The summed E-state index contributed by atoms with van der Waals surface area (Å²) in [7, 11) is 3.90. The molecule has 0 radical (unpaired) electrons.